The van der Waals surface area contributed by atoms with Gasteiger partial charge in [0.15, 0.2) is 0 Å². The predicted molar refractivity (Wildman–Crippen MR) is 99.4 cm³/mol. The van der Waals surface area contributed by atoms with Gasteiger partial charge in [-0.05, 0) is 44.4 Å². The molecular weight excluding hydrogens is 336 g/mol. The lowest BCUT2D eigenvalue weighted by Crippen LogP contribution is -2.38. The van der Waals surface area contributed by atoms with Gasteiger partial charge in [-0.15, -0.1) is 0 Å². The standard InChI is InChI=1S/C18H24N4O2S/c1-18(2)22-15(12-24-18)9-6-13-4-7-14(8-5-13)21-17-19-10-16(11-20-17)25(3)23/h4-5,7-8,10-11,15,22H,6,9,12H2,1-3H3,(H,19,20,21)/t15-,25?/m0/s1. The minimum absolute atomic E-state index is 0.210. The number of ether oxygens (including phenoxy) is 1. The molecule has 0 radical (unpaired) electrons. The number of aromatic nitrogens is 2. The monoisotopic (exact) mass is 360 g/mol. The SMILES string of the molecule is CS(=O)c1cnc(Nc2ccc(CC[C@H]3COC(C)(C)N3)cc2)nc1. The molecule has 3 rings (SSSR count). The van der Waals surface area contributed by atoms with E-state index in [2.05, 4.69) is 46.6 Å². The molecule has 0 spiro atoms. The van der Waals surface area contributed by atoms with Gasteiger partial charge in [0, 0.05) is 30.4 Å². The molecule has 0 aliphatic carbocycles. The van der Waals surface area contributed by atoms with E-state index in [0.717, 1.165) is 25.1 Å². The van der Waals surface area contributed by atoms with Crippen LogP contribution < -0.4 is 10.6 Å². The number of benzene rings is 1. The van der Waals surface area contributed by atoms with Crippen LogP contribution in [0.1, 0.15) is 25.8 Å². The van der Waals surface area contributed by atoms with Crippen molar-refractivity contribution in [3.8, 4) is 0 Å². The molecule has 2 atom stereocenters. The summed E-state index contributed by atoms with van der Waals surface area (Å²) in [5.74, 6) is 0.497. The number of anilines is 2. The molecule has 0 saturated carbocycles. The maximum absolute atomic E-state index is 11.3. The van der Waals surface area contributed by atoms with Crippen molar-refractivity contribution >= 4 is 22.4 Å². The maximum Gasteiger partial charge on any atom is 0.227 e. The van der Waals surface area contributed by atoms with Crippen molar-refractivity contribution in [1.29, 1.82) is 0 Å². The van der Waals surface area contributed by atoms with Crippen LogP contribution in [0.3, 0.4) is 0 Å². The number of hydrogen-bond acceptors (Lipinski definition) is 6. The smallest absolute Gasteiger partial charge is 0.227 e. The third-order valence-electron chi connectivity index (χ3n) is 4.15. The number of aryl methyl sites for hydroxylation is 1. The number of nitrogens with one attached hydrogen (secondary N) is 2. The van der Waals surface area contributed by atoms with E-state index in [0.29, 0.717) is 16.9 Å². The van der Waals surface area contributed by atoms with Crippen LogP contribution in [0.15, 0.2) is 41.6 Å². The van der Waals surface area contributed by atoms with Crippen LogP contribution in [0.5, 0.6) is 0 Å². The van der Waals surface area contributed by atoms with Crippen LogP contribution in [0.25, 0.3) is 0 Å². The molecule has 2 aromatic rings. The topological polar surface area (TPSA) is 76.1 Å². The van der Waals surface area contributed by atoms with E-state index in [4.69, 9.17) is 4.74 Å². The van der Waals surface area contributed by atoms with Crippen molar-refractivity contribution in [2.75, 3.05) is 18.2 Å². The summed E-state index contributed by atoms with van der Waals surface area (Å²) in [7, 11) is -1.06. The average molecular weight is 360 g/mol. The van der Waals surface area contributed by atoms with E-state index in [1.165, 1.54) is 5.56 Å². The van der Waals surface area contributed by atoms with Gasteiger partial charge in [-0.3, -0.25) is 9.53 Å². The van der Waals surface area contributed by atoms with E-state index in [9.17, 15) is 4.21 Å². The number of hydrogen-bond donors (Lipinski definition) is 2. The van der Waals surface area contributed by atoms with E-state index in [-0.39, 0.29) is 5.72 Å². The Morgan fingerprint density at radius 2 is 1.96 bits per heavy atom. The molecule has 2 heterocycles. The Hall–Kier alpha value is -1.83. The van der Waals surface area contributed by atoms with Crippen molar-refractivity contribution in [2.45, 2.75) is 43.4 Å². The summed E-state index contributed by atoms with van der Waals surface area (Å²) < 4.78 is 17.0. The summed E-state index contributed by atoms with van der Waals surface area (Å²) >= 11 is 0. The molecule has 2 N–H and O–H groups in total. The summed E-state index contributed by atoms with van der Waals surface area (Å²) in [6.45, 7) is 4.88. The second-order valence-electron chi connectivity index (χ2n) is 6.72. The largest absolute Gasteiger partial charge is 0.360 e. The van der Waals surface area contributed by atoms with Crippen LogP contribution in [0, 0.1) is 0 Å². The highest BCUT2D eigenvalue weighted by atomic mass is 32.2. The zero-order valence-electron chi connectivity index (χ0n) is 14.8. The first kappa shape index (κ1) is 18.0. The molecule has 1 aromatic heterocycles. The molecule has 6 nitrogen and oxygen atoms in total. The van der Waals surface area contributed by atoms with Gasteiger partial charge in [0.05, 0.1) is 22.3 Å². The Balaban J connectivity index is 1.52. The molecule has 1 aliphatic heterocycles. The summed E-state index contributed by atoms with van der Waals surface area (Å²) in [6, 6.07) is 8.67. The summed E-state index contributed by atoms with van der Waals surface area (Å²) in [6.07, 6.45) is 6.83. The first-order chi connectivity index (χ1) is 11.9. The van der Waals surface area contributed by atoms with Crippen LogP contribution in [0.4, 0.5) is 11.6 Å². The van der Waals surface area contributed by atoms with Gasteiger partial charge in [0.25, 0.3) is 0 Å². The van der Waals surface area contributed by atoms with Crippen molar-refractivity contribution in [3.05, 3.63) is 42.2 Å². The van der Waals surface area contributed by atoms with E-state index in [1.54, 1.807) is 18.6 Å². The molecule has 1 unspecified atom stereocenters. The molecule has 0 bridgehead atoms. The van der Waals surface area contributed by atoms with Crippen LogP contribution in [-0.4, -0.2) is 38.8 Å². The van der Waals surface area contributed by atoms with Crippen LogP contribution in [0.2, 0.25) is 0 Å². The lowest BCUT2D eigenvalue weighted by Gasteiger charge is -2.18. The third kappa shape index (κ3) is 5.07. The molecule has 1 aliphatic rings. The minimum Gasteiger partial charge on any atom is -0.360 e. The second kappa shape index (κ2) is 7.59. The Bertz CT molecular complexity index is 732. The Morgan fingerprint density at radius 1 is 1.28 bits per heavy atom. The molecule has 1 fully saturated rings. The molecule has 134 valence electrons. The Labute approximate surface area is 150 Å². The summed E-state index contributed by atoms with van der Waals surface area (Å²) in [5.41, 5.74) is 2.01. The van der Waals surface area contributed by atoms with Gasteiger partial charge in [0.1, 0.15) is 5.72 Å². The fraction of sp³-hybridized carbons (Fsp3) is 0.444. The van der Waals surface area contributed by atoms with Crippen LogP contribution >= 0.6 is 0 Å². The van der Waals surface area contributed by atoms with E-state index in [1.807, 2.05) is 12.1 Å². The molecule has 1 aromatic carbocycles. The summed E-state index contributed by atoms with van der Waals surface area (Å²) in [4.78, 5) is 8.98. The highest BCUT2D eigenvalue weighted by molar-refractivity contribution is 7.84. The normalized spacial score (nSPS) is 20.4. The first-order valence-electron chi connectivity index (χ1n) is 8.34. The second-order valence-corrected chi connectivity index (χ2v) is 8.10. The van der Waals surface area contributed by atoms with Crippen LogP contribution in [-0.2, 0) is 22.0 Å². The first-order valence-corrected chi connectivity index (χ1v) is 9.90. The van der Waals surface area contributed by atoms with Crippen molar-refractivity contribution in [3.63, 3.8) is 0 Å². The van der Waals surface area contributed by atoms with Crippen molar-refractivity contribution in [2.24, 2.45) is 0 Å². The third-order valence-corrected chi connectivity index (χ3v) is 5.02. The summed E-state index contributed by atoms with van der Waals surface area (Å²) in [5, 5.41) is 6.64. The van der Waals surface area contributed by atoms with E-state index >= 15 is 0 Å². The van der Waals surface area contributed by atoms with Gasteiger partial charge in [-0.25, -0.2) is 9.97 Å². The molecular formula is C18H24N4O2S. The van der Waals surface area contributed by atoms with Crippen molar-refractivity contribution in [1.82, 2.24) is 15.3 Å². The molecule has 1 saturated heterocycles. The quantitative estimate of drug-likeness (QED) is 0.825. The lowest BCUT2D eigenvalue weighted by molar-refractivity contribution is 0.0231. The average Bonchev–Trinajstić information content (AvgIpc) is 2.94. The highest BCUT2D eigenvalue weighted by Crippen LogP contribution is 2.19. The van der Waals surface area contributed by atoms with Gasteiger partial charge in [-0.2, -0.15) is 0 Å². The lowest BCUT2D eigenvalue weighted by atomic mass is 10.1. The molecule has 7 heteroatoms. The zero-order chi connectivity index (χ0) is 17.9. The maximum atomic E-state index is 11.3. The fourth-order valence-electron chi connectivity index (χ4n) is 2.79. The molecule has 25 heavy (non-hydrogen) atoms. The van der Waals surface area contributed by atoms with Gasteiger partial charge in [-0.1, -0.05) is 12.1 Å². The van der Waals surface area contributed by atoms with Gasteiger partial charge >= 0.3 is 0 Å². The predicted octanol–water partition coefficient (Wildman–Crippen LogP) is 2.61. The van der Waals surface area contributed by atoms with E-state index < -0.39 is 10.8 Å². The Morgan fingerprint density at radius 3 is 2.52 bits per heavy atom. The Kier molecular flexibility index (Phi) is 5.46. The zero-order valence-corrected chi connectivity index (χ0v) is 15.6. The number of rotatable bonds is 6. The van der Waals surface area contributed by atoms with Gasteiger partial charge in [0.2, 0.25) is 5.95 Å². The van der Waals surface area contributed by atoms with Crippen molar-refractivity contribution < 1.29 is 8.95 Å². The fourth-order valence-corrected chi connectivity index (χ4v) is 3.20. The van der Waals surface area contributed by atoms with Gasteiger partial charge < -0.3 is 10.1 Å². The minimum atomic E-state index is -1.06. The molecule has 0 amide bonds. The highest BCUT2D eigenvalue weighted by Gasteiger charge is 2.30. The number of nitrogens with zero attached hydrogens (tertiary/aromatic N) is 2.